The van der Waals surface area contributed by atoms with Crippen molar-refractivity contribution >= 4 is 11.7 Å². The summed E-state index contributed by atoms with van der Waals surface area (Å²) in [6, 6.07) is 8.23. The van der Waals surface area contributed by atoms with E-state index in [1.54, 1.807) is 6.92 Å². The van der Waals surface area contributed by atoms with Crippen molar-refractivity contribution < 1.29 is 0 Å². The molecule has 2 aromatic rings. The van der Waals surface area contributed by atoms with Gasteiger partial charge in [-0.3, -0.25) is 9.78 Å². The van der Waals surface area contributed by atoms with E-state index >= 15 is 0 Å². The molecule has 0 saturated heterocycles. The molecule has 1 heterocycles. The second-order valence-corrected chi connectivity index (χ2v) is 5.17. The maximum atomic E-state index is 11.4. The van der Waals surface area contributed by atoms with Gasteiger partial charge in [-0.05, 0) is 30.9 Å². The number of H-pyrrole nitrogens is 1. The summed E-state index contributed by atoms with van der Waals surface area (Å²) in [4.78, 5) is 14.0. The van der Waals surface area contributed by atoms with Crippen molar-refractivity contribution in [1.29, 1.82) is 0 Å². The topological polar surface area (TPSA) is 83.0 Å². The Morgan fingerprint density at radius 3 is 2.48 bits per heavy atom. The molecular weight excluding hydrogens is 266 g/mol. The van der Waals surface area contributed by atoms with Crippen molar-refractivity contribution in [2.45, 2.75) is 33.6 Å². The lowest BCUT2D eigenvalue weighted by atomic mass is 10.0. The first kappa shape index (κ1) is 14.9. The predicted octanol–water partition coefficient (Wildman–Crippen LogP) is 2.43. The highest BCUT2D eigenvalue weighted by Gasteiger charge is 2.02. The summed E-state index contributed by atoms with van der Waals surface area (Å²) in [5.41, 5.74) is 5.85. The molecule has 6 heteroatoms. The molecule has 0 bridgehead atoms. The third kappa shape index (κ3) is 3.75. The van der Waals surface area contributed by atoms with Crippen LogP contribution in [0.5, 0.6) is 0 Å². The molecule has 0 spiro atoms. The van der Waals surface area contributed by atoms with Crippen LogP contribution in [0, 0.1) is 6.92 Å². The van der Waals surface area contributed by atoms with Crippen molar-refractivity contribution in [2.24, 2.45) is 5.10 Å². The number of rotatable bonds is 4. The van der Waals surface area contributed by atoms with Crippen LogP contribution in [0.15, 0.2) is 34.2 Å². The third-order valence-electron chi connectivity index (χ3n) is 3.19. The fraction of sp³-hybridized carbons (Fsp3) is 0.333. The monoisotopic (exact) mass is 285 g/mol. The minimum absolute atomic E-state index is 0.226. The number of aromatic nitrogens is 3. The van der Waals surface area contributed by atoms with Gasteiger partial charge in [-0.1, -0.05) is 38.1 Å². The number of nitrogens with one attached hydrogen (secondary N) is 2. The number of hydrogen-bond donors (Lipinski definition) is 2. The van der Waals surface area contributed by atoms with Gasteiger partial charge in [-0.15, -0.1) is 10.2 Å². The van der Waals surface area contributed by atoms with Crippen LogP contribution in [0.2, 0.25) is 0 Å². The lowest BCUT2D eigenvalue weighted by Crippen LogP contribution is -2.16. The first-order chi connectivity index (χ1) is 9.97. The maximum absolute atomic E-state index is 11.4. The molecule has 21 heavy (non-hydrogen) atoms. The van der Waals surface area contributed by atoms with Crippen LogP contribution in [0.25, 0.3) is 0 Å². The summed E-state index contributed by atoms with van der Waals surface area (Å²) in [5, 5.41) is 11.8. The molecule has 0 aliphatic rings. The van der Waals surface area contributed by atoms with Gasteiger partial charge in [0.15, 0.2) is 0 Å². The van der Waals surface area contributed by atoms with E-state index in [4.69, 9.17) is 0 Å². The smallest absolute Gasteiger partial charge is 0.274 e. The Balaban J connectivity index is 2.13. The number of aromatic amines is 1. The number of nitrogens with zero attached hydrogens (tertiary/aromatic N) is 3. The van der Waals surface area contributed by atoms with Crippen molar-refractivity contribution in [3.8, 4) is 0 Å². The zero-order chi connectivity index (χ0) is 15.4. The van der Waals surface area contributed by atoms with E-state index in [1.165, 1.54) is 5.56 Å². The van der Waals surface area contributed by atoms with Crippen LogP contribution in [-0.2, 0) is 0 Å². The first-order valence-corrected chi connectivity index (χ1v) is 6.81. The SMILES string of the molecule is C/C(=N/Nc1nnc(C)c(=O)[nH]1)c1ccc(C(C)C)cc1. The van der Waals surface area contributed by atoms with Gasteiger partial charge in [-0.25, -0.2) is 5.43 Å². The average Bonchev–Trinajstić information content (AvgIpc) is 2.48. The zero-order valence-electron chi connectivity index (χ0n) is 12.6. The number of benzene rings is 1. The Bertz CT molecular complexity index is 701. The lowest BCUT2D eigenvalue weighted by molar-refractivity contribution is 0.866. The molecule has 0 saturated carbocycles. The Hall–Kier alpha value is -2.50. The molecule has 0 amide bonds. The van der Waals surface area contributed by atoms with Crippen molar-refractivity contribution in [2.75, 3.05) is 5.43 Å². The average molecular weight is 285 g/mol. The minimum Gasteiger partial charge on any atom is -0.288 e. The van der Waals surface area contributed by atoms with E-state index in [2.05, 4.69) is 51.7 Å². The summed E-state index contributed by atoms with van der Waals surface area (Å²) >= 11 is 0. The number of hydrazone groups is 1. The highest BCUT2D eigenvalue weighted by Crippen LogP contribution is 2.15. The van der Waals surface area contributed by atoms with Gasteiger partial charge in [0.05, 0.1) is 5.71 Å². The van der Waals surface area contributed by atoms with Crippen LogP contribution in [0.1, 0.15) is 43.5 Å². The Morgan fingerprint density at radius 1 is 1.24 bits per heavy atom. The van der Waals surface area contributed by atoms with Gasteiger partial charge in [0, 0.05) is 0 Å². The van der Waals surface area contributed by atoms with Crippen LogP contribution in [-0.4, -0.2) is 20.9 Å². The van der Waals surface area contributed by atoms with Crippen LogP contribution in [0.4, 0.5) is 5.95 Å². The first-order valence-electron chi connectivity index (χ1n) is 6.81. The van der Waals surface area contributed by atoms with E-state index in [9.17, 15) is 4.79 Å². The summed E-state index contributed by atoms with van der Waals surface area (Å²) in [6.45, 7) is 7.80. The van der Waals surface area contributed by atoms with Crippen molar-refractivity contribution in [1.82, 2.24) is 15.2 Å². The number of hydrogen-bond acceptors (Lipinski definition) is 5. The third-order valence-corrected chi connectivity index (χ3v) is 3.19. The highest BCUT2D eigenvalue weighted by atomic mass is 16.1. The maximum Gasteiger partial charge on any atom is 0.274 e. The molecule has 2 N–H and O–H groups in total. The van der Waals surface area contributed by atoms with Crippen molar-refractivity contribution in [3.63, 3.8) is 0 Å². The zero-order valence-corrected chi connectivity index (χ0v) is 12.6. The van der Waals surface area contributed by atoms with Gasteiger partial charge in [-0.2, -0.15) is 5.10 Å². The molecule has 0 unspecified atom stereocenters. The van der Waals surface area contributed by atoms with Gasteiger partial charge < -0.3 is 0 Å². The van der Waals surface area contributed by atoms with E-state index in [0.717, 1.165) is 11.3 Å². The molecule has 0 aliphatic carbocycles. The quantitative estimate of drug-likeness (QED) is 0.667. The molecule has 0 radical (unpaired) electrons. The van der Waals surface area contributed by atoms with E-state index in [-0.39, 0.29) is 11.5 Å². The standard InChI is InChI=1S/C15H19N5O/c1-9(2)12-5-7-13(8-6-12)10(3)17-19-15-16-14(21)11(4)18-20-15/h5-9H,1-4H3,(H2,16,19,20,21)/b17-10-. The largest absolute Gasteiger partial charge is 0.288 e. The van der Waals surface area contributed by atoms with Crippen LogP contribution in [0.3, 0.4) is 0 Å². The Morgan fingerprint density at radius 2 is 1.90 bits per heavy atom. The van der Waals surface area contributed by atoms with Crippen LogP contribution >= 0.6 is 0 Å². The van der Waals surface area contributed by atoms with Crippen molar-refractivity contribution in [3.05, 3.63) is 51.4 Å². The molecule has 6 nitrogen and oxygen atoms in total. The summed E-state index contributed by atoms with van der Waals surface area (Å²) in [5.74, 6) is 0.728. The Kier molecular flexibility index (Phi) is 4.47. The second-order valence-electron chi connectivity index (χ2n) is 5.17. The highest BCUT2D eigenvalue weighted by molar-refractivity contribution is 5.99. The fourth-order valence-electron chi connectivity index (χ4n) is 1.75. The van der Waals surface area contributed by atoms with Gasteiger partial charge in [0.25, 0.3) is 5.56 Å². The summed E-state index contributed by atoms with van der Waals surface area (Å²) < 4.78 is 0. The molecule has 1 aromatic carbocycles. The molecule has 110 valence electrons. The summed E-state index contributed by atoms with van der Waals surface area (Å²) in [7, 11) is 0. The normalized spacial score (nSPS) is 11.8. The number of aryl methyl sites for hydroxylation is 1. The minimum atomic E-state index is -0.276. The molecule has 2 rings (SSSR count). The lowest BCUT2D eigenvalue weighted by Gasteiger charge is -2.07. The van der Waals surface area contributed by atoms with Crippen LogP contribution < -0.4 is 11.0 Å². The number of anilines is 1. The molecular formula is C15H19N5O. The van der Waals surface area contributed by atoms with E-state index in [1.807, 2.05) is 19.1 Å². The molecule has 1 aromatic heterocycles. The Labute approximate surface area is 123 Å². The molecule has 0 fully saturated rings. The molecule has 0 atom stereocenters. The van der Waals surface area contributed by atoms with Gasteiger partial charge in [0.1, 0.15) is 5.69 Å². The predicted molar refractivity (Wildman–Crippen MR) is 83.8 cm³/mol. The van der Waals surface area contributed by atoms with Gasteiger partial charge >= 0.3 is 0 Å². The second kappa shape index (κ2) is 6.30. The van der Waals surface area contributed by atoms with Gasteiger partial charge in [0.2, 0.25) is 5.95 Å². The fourth-order valence-corrected chi connectivity index (χ4v) is 1.75. The molecule has 0 aliphatic heterocycles. The van der Waals surface area contributed by atoms with E-state index < -0.39 is 0 Å². The summed E-state index contributed by atoms with van der Waals surface area (Å²) in [6.07, 6.45) is 0. The van der Waals surface area contributed by atoms with E-state index in [0.29, 0.717) is 11.6 Å².